The molecule has 1 unspecified atom stereocenters. The first-order valence-electron chi connectivity index (χ1n) is 4.18. The highest BCUT2D eigenvalue weighted by molar-refractivity contribution is 4.72. The van der Waals surface area contributed by atoms with Crippen molar-refractivity contribution in [3.63, 3.8) is 0 Å². The Bertz CT molecular complexity index is 127. The summed E-state index contributed by atoms with van der Waals surface area (Å²) in [6.45, 7) is 7.91. The van der Waals surface area contributed by atoms with E-state index in [0.717, 1.165) is 6.54 Å². The Morgan fingerprint density at radius 3 is 2.45 bits per heavy atom. The van der Waals surface area contributed by atoms with Crippen molar-refractivity contribution in [1.82, 2.24) is 4.90 Å². The zero-order chi connectivity index (χ0) is 8.43. The van der Waals surface area contributed by atoms with Gasteiger partial charge in [-0.25, -0.2) is 0 Å². The lowest BCUT2D eigenvalue weighted by Crippen LogP contribution is -2.40. The van der Waals surface area contributed by atoms with E-state index in [2.05, 4.69) is 20.8 Å². The Hall–Kier alpha value is -0.120. The largest absolute Gasteiger partial charge is 0.356 e. The third-order valence-electron chi connectivity index (χ3n) is 2.39. The molecule has 0 spiro atoms. The smallest absolute Gasteiger partial charge is 0.216 e. The summed E-state index contributed by atoms with van der Waals surface area (Å²) in [4.78, 5) is 1.98. The summed E-state index contributed by atoms with van der Waals surface area (Å²) in [5, 5.41) is 9.31. The Labute approximate surface area is 68.0 Å². The molecule has 0 bridgehead atoms. The van der Waals surface area contributed by atoms with Gasteiger partial charge in [-0.15, -0.1) is 0 Å². The van der Waals surface area contributed by atoms with E-state index in [-0.39, 0.29) is 0 Å². The summed E-state index contributed by atoms with van der Waals surface area (Å²) < 4.78 is 5.02. The van der Waals surface area contributed by atoms with Gasteiger partial charge in [-0.1, -0.05) is 13.8 Å². The molecule has 3 nitrogen and oxygen atoms in total. The number of nitrogens with zero attached hydrogens (tertiary/aromatic N) is 1. The minimum Gasteiger partial charge on any atom is -0.356 e. The summed E-state index contributed by atoms with van der Waals surface area (Å²) in [5.74, 6) is 0.561. The van der Waals surface area contributed by atoms with E-state index in [1.165, 1.54) is 0 Å². The summed E-state index contributed by atoms with van der Waals surface area (Å²) in [7, 11) is 0. The molecule has 0 aromatic carbocycles. The van der Waals surface area contributed by atoms with E-state index in [9.17, 15) is 5.11 Å². The van der Waals surface area contributed by atoms with Crippen molar-refractivity contribution in [3.8, 4) is 0 Å². The predicted octanol–water partition coefficient (Wildman–Crippen LogP) is 0.639. The Morgan fingerprint density at radius 2 is 2.09 bits per heavy atom. The SMILES string of the molecule is CC(C)[C@@H](C)N1CCOC1O. The van der Waals surface area contributed by atoms with Gasteiger partial charge >= 0.3 is 0 Å². The lowest BCUT2D eigenvalue weighted by Gasteiger charge is -2.28. The maximum atomic E-state index is 9.31. The fourth-order valence-corrected chi connectivity index (χ4v) is 1.26. The molecule has 0 saturated carbocycles. The van der Waals surface area contributed by atoms with Gasteiger partial charge in [0.05, 0.1) is 6.61 Å². The zero-order valence-corrected chi connectivity index (χ0v) is 7.45. The van der Waals surface area contributed by atoms with Gasteiger partial charge in [-0.3, -0.25) is 4.90 Å². The third kappa shape index (κ3) is 1.92. The van der Waals surface area contributed by atoms with Gasteiger partial charge in [0, 0.05) is 12.6 Å². The van der Waals surface area contributed by atoms with Crippen molar-refractivity contribution in [2.75, 3.05) is 13.2 Å². The van der Waals surface area contributed by atoms with Crippen LogP contribution in [0.2, 0.25) is 0 Å². The van der Waals surface area contributed by atoms with E-state index in [1.54, 1.807) is 0 Å². The first-order valence-corrected chi connectivity index (χ1v) is 4.18. The summed E-state index contributed by atoms with van der Waals surface area (Å²) in [6.07, 6.45) is -0.674. The van der Waals surface area contributed by atoms with Gasteiger partial charge in [-0.2, -0.15) is 0 Å². The molecule has 3 heteroatoms. The van der Waals surface area contributed by atoms with Gasteiger partial charge in [0.2, 0.25) is 6.41 Å². The molecule has 1 heterocycles. The minimum absolute atomic E-state index is 0.396. The first kappa shape index (κ1) is 8.97. The molecule has 1 fully saturated rings. The van der Waals surface area contributed by atoms with Crippen LogP contribution in [0.25, 0.3) is 0 Å². The second kappa shape index (κ2) is 3.52. The van der Waals surface area contributed by atoms with Crippen molar-refractivity contribution in [2.24, 2.45) is 5.92 Å². The van der Waals surface area contributed by atoms with Crippen LogP contribution in [0.4, 0.5) is 0 Å². The van der Waals surface area contributed by atoms with Crippen LogP contribution in [0, 0.1) is 5.92 Å². The monoisotopic (exact) mass is 159 g/mol. The van der Waals surface area contributed by atoms with Crippen LogP contribution in [0.15, 0.2) is 0 Å². The molecule has 2 atom stereocenters. The number of ether oxygens (including phenoxy) is 1. The lowest BCUT2D eigenvalue weighted by molar-refractivity contribution is -0.147. The topological polar surface area (TPSA) is 32.7 Å². The van der Waals surface area contributed by atoms with Crippen molar-refractivity contribution >= 4 is 0 Å². The van der Waals surface area contributed by atoms with Gasteiger partial charge in [-0.05, 0) is 12.8 Å². The van der Waals surface area contributed by atoms with Crippen LogP contribution in [0.3, 0.4) is 0 Å². The zero-order valence-electron chi connectivity index (χ0n) is 7.45. The Balaban J connectivity index is 2.45. The van der Waals surface area contributed by atoms with Gasteiger partial charge in [0.1, 0.15) is 0 Å². The molecule has 11 heavy (non-hydrogen) atoms. The fraction of sp³-hybridized carbons (Fsp3) is 1.00. The number of aliphatic hydroxyl groups excluding tert-OH is 1. The fourth-order valence-electron chi connectivity index (χ4n) is 1.26. The first-order chi connectivity index (χ1) is 5.13. The molecule has 66 valence electrons. The van der Waals surface area contributed by atoms with Crippen molar-refractivity contribution in [3.05, 3.63) is 0 Å². The van der Waals surface area contributed by atoms with Crippen LogP contribution in [0.1, 0.15) is 20.8 Å². The second-order valence-electron chi connectivity index (χ2n) is 3.42. The van der Waals surface area contributed by atoms with Gasteiger partial charge in [0.15, 0.2) is 0 Å². The molecule has 1 aliphatic heterocycles. The summed E-state index contributed by atoms with van der Waals surface area (Å²) in [5.41, 5.74) is 0. The van der Waals surface area contributed by atoms with Crippen molar-refractivity contribution in [2.45, 2.75) is 33.2 Å². The van der Waals surface area contributed by atoms with E-state index < -0.39 is 6.41 Å². The Morgan fingerprint density at radius 1 is 1.45 bits per heavy atom. The van der Waals surface area contributed by atoms with Gasteiger partial charge < -0.3 is 9.84 Å². The number of aliphatic hydroxyl groups is 1. The maximum absolute atomic E-state index is 9.31. The molecule has 0 amide bonds. The van der Waals surface area contributed by atoms with Crippen molar-refractivity contribution in [1.29, 1.82) is 0 Å². The normalized spacial score (nSPS) is 29.7. The van der Waals surface area contributed by atoms with Crippen molar-refractivity contribution < 1.29 is 9.84 Å². The van der Waals surface area contributed by atoms with E-state index >= 15 is 0 Å². The lowest BCUT2D eigenvalue weighted by atomic mass is 10.1. The molecule has 0 aromatic heterocycles. The quantitative estimate of drug-likeness (QED) is 0.641. The third-order valence-corrected chi connectivity index (χ3v) is 2.39. The van der Waals surface area contributed by atoms with Crippen LogP contribution >= 0.6 is 0 Å². The molecule has 1 N–H and O–H groups in total. The molecule has 1 saturated heterocycles. The predicted molar refractivity (Wildman–Crippen MR) is 43.0 cm³/mol. The highest BCUT2D eigenvalue weighted by Crippen LogP contribution is 2.16. The molecule has 1 rings (SSSR count). The highest BCUT2D eigenvalue weighted by atomic mass is 16.6. The van der Waals surface area contributed by atoms with Crippen LogP contribution in [-0.4, -0.2) is 35.6 Å². The van der Waals surface area contributed by atoms with E-state index in [4.69, 9.17) is 4.74 Å². The number of hydrogen-bond acceptors (Lipinski definition) is 3. The number of hydrogen-bond donors (Lipinski definition) is 1. The van der Waals surface area contributed by atoms with Crippen LogP contribution in [-0.2, 0) is 4.74 Å². The highest BCUT2D eigenvalue weighted by Gasteiger charge is 2.28. The maximum Gasteiger partial charge on any atom is 0.216 e. The average Bonchev–Trinajstić information content (AvgIpc) is 2.33. The minimum atomic E-state index is -0.674. The van der Waals surface area contributed by atoms with E-state index in [0.29, 0.717) is 18.6 Å². The molecular formula is C8H17NO2. The Kier molecular flexibility index (Phi) is 2.87. The molecule has 1 aliphatic rings. The van der Waals surface area contributed by atoms with Gasteiger partial charge in [0.25, 0.3) is 0 Å². The molecular weight excluding hydrogens is 142 g/mol. The summed E-state index contributed by atoms with van der Waals surface area (Å²) >= 11 is 0. The van der Waals surface area contributed by atoms with E-state index in [1.807, 2.05) is 4.90 Å². The standard InChI is InChI=1S/C8H17NO2/c1-6(2)7(3)9-4-5-11-8(9)10/h6-8,10H,4-5H2,1-3H3/t7-,8?/m1/s1. The average molecular weight is 159 g/mol. The molecule has 0 aliphatic carbocycles. The summed E-state index contributed by atoms with van der Waals surface area (Å²) in [6, 6.07) is 0.396. The molecule has 0 radical (unpaired) electrons. The molecule has 0 aromatic rings. The van der Waals surface area contributed by atoms with Crippen LogP contribution in [0.5, 0.6) is 0 Å². The number of rotatable bonds is 2. The second-order valence-corrected chi connectivity index (χ2v) is 3.42. The van der Waals surface area contributed by atoms with Crippen LogP contribution < -0.4 is 0 Å².